The fourth-order valence-electron chi connectivity index (χ4n) is 5.64. The van der Waals surface area contributed by atoms with Crippen LogP contribution < -0.4 is 0 Å². The van der Waals surface area contributed by atoms with Crippen molar-refractivity contribution in [3.05, 3.63) is 138 Å². The van der Waals surface area contributed by atoms with Crippen LogP contribution in [0.4, 0.5) is 0 Å². The fourth-order valence-corrected chi connectivity index (χ4v) is 7.01. The zero-order valence-electron chi connectivity index (χ0n) is 22.3. The number of nitrogens with zero attached hydrogens (tertiary/aromatic N) is 3. The van der Waals surface area contributed by atoms with E-state index in [0.29, 0.717) is 22.5 Å². The van der Waals surface area contributed by atoms with E-state index in [-0.39, 0.29) is 0 Å². The molecule has 8 rings (SSSR count). The molecular weight excluding hydrogens is 554 g/mol. The average molecular weight is 576 g/mol. The van der Waals surface area contributed by atoms with Gasteiger partial charge in [-0.05, 0) is 40.8 Å². The maximum atomic E-state index is 6.60. The van der Waals surface area contributed by atoms with Crippen LogP contribution in [0.2, 0.25) is 5.02 Å². The number of benzene rings is 6. The third kappa shape index (κ3) is 4.24. The second-order valence-electron chi connectivity index (χ2n) is 10.2. The summed E-state index contributed by atoms with van der Waals surface area (Å²) in [5, 5.41) is 5.05. The summed E-state index contributed by atoms with van der Waals surface area (Å²) < 4.78 is 2.45. The highest BCUT2D eigenvalue weighted by Gasteiger charge is 2.18. The van der Waals surface area contributed by atoms with Crippen molar-refractivity contribution in [3.8, 4) is 45.3 Å². The van der Waals surface area contributed by atoms with Crippen molar-refractivity contribution in [1.29, 1.82) is 0 Å². The van der Waals surface area contributed by atoms with Crippen molar-refractivity contribution in [2.24, 2.45) is 0 Å². The van der Waals surface area contributed by atoms with E-state index in [1.165, 1.54) is 20.2 Å². The molecule has 3 nitrogen and oxygen atoms in total. The number of hydrogen-bond donors (Lipinski definition) is 0. The lowest BCUT2D eigenvalue weighted by molar-refractivity contribution is 1.08. The first-order valence-corrected chi connectivity index (χ1v) is 14.9. The Morgan fingerprint density at radius 2 is 1.02 bits per heavy atom. The lowest BCUT2D eigenvalue weighted by Crippen LogP contribution is -2.01. The van der Waals surface area contributed by atoms with Crippen LogP contribution in [0.1, 0.15) is 0 Å². The highest BCUT2D eigenvalue weighted by molar-refractivity contribution is 7.25. The average Bonchev–Trinajstić information content (AvgIpc) is 3.44. The molecule has 0 saturated carbocycles. The van der Waals surface area contributed by atoms with E-state index in [2.05, 4.69) is 103 Å². The number of rotatable bonds is 4. The first kappa shape index (κ1) is 24.9. The molecule has 0 bridgehead atoms. The summed E-state index contributed by atoms with van der Waals surface area (Å²) >= 11 is 8.39. The summed E-state index contributed by atoms with van der Waals surface area (Å²) in [4.78, 5) is 15.3. The Labute approximate surface area is 251 Å². The predicted octanol–water partition coefficient (Wildman–Crippen LogP) is 10.7. The van der Waals surface area contributed by atoms with Crippen LogP contribution in [0, 0.1) is 0 Å². The SMILES string of the molecule is Clc1cccc2c(-c3nc(-c4cccc(-c5ccccc5)c4)nc(-c4cccc5sc6ccccc6c45)n3)cccc12. The van der Waals surface area contributed by atoms with Crippen LogP contribution in [-0.4, -0.2) is 15.0 Å². The first-order chi connectivity index (χ1) is 20.7. The maximum absolute atomic E-state index is 6.60. The molecule has 0 N–H and O–H groups in total. The molecule has 0 unspecified atom stereocenters. The Hall–Kier alpha value is -4.90. The van der Waals surface area contributed by atoms with E-state index in [1.54, 1.807) is 11.3 Å². The molecule has 2 aromatic heterocycles. The Balaban J connectivity index is 1.41. The molecule has 0 aliphatic rings. The summed E-state index contributed by atoms with van der Waals surface area (Å²) in [5.74, 6) is 1.89. The third-order valence-corrected chi connectivity index (χ3v) is 9.08. The molecule has 198 valence electrons. The zero-order valence-corrected chi connectivity index (χ0v) is 23.9. The number of hydrogen-bond acceptors (Lipinski definition) is 4. The summed E-state index contributed by atoms with van der Waals surface area (Å²) in [6.07, 6.45) is 0. The molecule has 0 atom stereocenters. The summed E-state index contributed by atoms with van der Waals surface area (Å²) in [6, 6.07) is 45.7. The van der Waals surface area contributed by atoms with Gasteiger partial charge >= 0.3 is 0 Å². The van der Waals surface area contributed by atoms with Crippen molar-refractivity contribution in [3.63, 3.8) is 0 Å². The third-order valence-electron chi connectivity index (χ3n) is 7.62. The first-order valence-electron chi connectivity index (χ1n) is 13.7. The predicted molar refractivity (Wildman–Crippen MR) is 177 cm³/mol. The molecule has 42 heavy (non-hydrogen) atoms. The molecule has 0 aliphatic carbocycles. The maximum Gasteiger partial charge on any atom is 0.164 e. The van der Waals surface area contributed by atoms with Gasteiger partial charge in [0.05, 0.1) is 0 Å². The fraction of sp³-hybridized carbons (Fsp3) is 0. The lowest BCUT2D eigenvalue weighted by Gasteiger charge is -2.12. The molecule has 6 aromatic carbocycles. The molecule has 0 spiro atoms. The van der Waals surface area contributed by atoms with E-state index in [4.69, 9.17) is 26.6 Å². The van der Waals surface area contributed by atoms with Gasteiger partial charge in [-0.1, -0.05) is 121 Å². The van der Waals surface area contributed by atoms with Crippen LogP contribution in [0.15, 0.2) is 133 Å². The van der Waals surface area contributed by atoms with E-state index < -0.39 is 0 Å². The van der Waals surface area contributed by atoms with Gasteiger partial charge in [-0.3, -0.25) is 0 Å². The summed E-state index contributed by atoms with van der Waals surface area (Å²) in [6.45, 7) is 0. The quantitative estimate of drug-likeness (QED) is 0.209. The van der Waals surface area contributed by atoms with Crippen molar-refractivity contribution < 1.29 is 0 Å². The minimum absolute atomic E-state index is 0.615. The normalized spacial score (nSPS) is 11.5. The molecule has 0 saturated heterocycles. The molecule has 0 fully saturated rings. The largest absolute Gasteiger partial charge is 0.208 e. The monoisotopic (exact) mass is 575 g/mol. The number of fused-ring (bicyclic) bond motifs is 4. The Bertz CT molecular complexity index is 2270. The summed E-state index contributed by atoms with van der Waals surface area (Å²) in [5.41, 5.74) is 5.10. The lowest BCUT2D eigenvalue weighted by atomic mass is 10.0. The van der Waals surface area contributed by atoms with Gasteiger partial charge in [0, 0.05) is 47.3 Å². The second-order valence-corrected chi connectivity index (χ2v) is 11.7. The topological polar surface area (TPSA) is 38.7 Å². The smallest absolute Gasteiger partial charge is 0.164 e. The molecule has 2 heterocycles. The molecule has 5 heteroatoms. The number of aromatic nitrogens is 3. The van der Waals surface area contributed by atoms with Gasteiger partial charge in [-0.25, -0.2) is 15.0 Å². The van der Waals surface area contributed by atoms with Crippen LogP contribution in [0.25, 0.3) is 76.2 Å². The minimum atomic E-state index is 0.615. The van der Waals surface area contributed by atoms with Gasteiger partial charge in [0.15, 0.2) is 17.5 Å². The van der Waals surface area contributed by atoms with Gasteiger partial charge in [-0.2, -0.15) is 0 Å². The number of halogens is 1. The van der Waals surface area contributed by atoms with Gasteiger partial charge in [0.25, 0.3) is 0 Å². The van der Waals surface area contributed by atoms with Crippen molar-refractivity contribution in [1.82, 2.24) is 15.0 Å². The van der Waals surface area contributed by atoms with Crippen molar-refractivity contribution in [2.75, 3.05) is 0 Å². The molecule has 8 aromatic rings. The van der Waals surface area contributed by atoms with Gasteiger partial charge in [-0.15, -0.1) is 11.3 Å². The van der Waals surface area contributed by atoms with Crippen molar-refractivity contribution >= 4 is 53.9 Å². The van der Waals surface area contributed by atoms with Gasteiger partial charge in [0.2, 0.25) is 0 Å². The standard InChI is InChI=1S/C37H22ClN3S/c38-31-19-8-15-26-27(31)16-7-17-28(26)36-39-35(25-13-6-12-24(22-25)23-10-2-1-3-11-23)40-37(41-36)30-18-9-21-33-34(30)29-14-4-5-20-32(29)42-33/h1-22H. The Kier molecular flexibility index (Phi) is 6.03. The van der Waals surface area contributed by atoms with Crippen LogP contribution in [0.5, 0.6) is 0 Å². The Morgan fingerprint density at radius 3 is 1.93 bits per heavy atom. The van der Waals surface area contributed by atoms with E-state index in [1.807, 2.05) is 30.3 Å². The summed E-state index contributed by atoms with van der Waals surface area (Å²) in [7, 11) is 0. The van der Waals surface area contributed by atoms with Gasteiger partial charge in [0.1, 0.15) is 0 Å². The van der Waals surface area contributed by atoms with Crippen LogP contribution in [-0.2, 0) is 0 Å². The molecule has 0 amide bonds. The van der Waals surface area contributed by atoms with E-state index >= 15 is 0 Å². The molecule has 0 aliphatic heterocycles. The van der Waals surface area contributed by atoms with Crippen molar-refractivity contribution in [2.45, 2.75) is 0 Å². The highest BCUT2D eigenvalue weighted by Crippen LogP contribution is 2.40. The zero-order chi connectivity index (χ0) is 28.0. The highest BCUT2D eigenvalue weighted by atomic mass is 35.5. The van der Waals surface area contributed by atoms with Crippen LogP contribution >= 0.6 is 22.9 Å². The van der Waals surface area contributed by atoms with Crippen LogP contribution in [0.3, 0.4) is 0 Å². The Morgan fingerprint density at radius 1 is 0.429 bits per heavy atom. The second kappa shape index (κ2) is 10.2. The van der Waals surface area contributed by atoms with E-state index in [9.17, 15) is 0 Å². The number of thiophene rings is 1. The minimum Gasteiger partial charge on any atom is -0.208 e. The molecular formula is C37H22ClN3S. The van der Waals surface area contributed by atoms with E-state index in [0.717, 1.165) is 38.6 Å². The molecule has 0 radical (unpaired) electrons. The van der Waals surface area contributed by atoms with Gasteiger partial charge < -0.3 is 0 Å².